The molecule has 0 atom stereocenters. The van der Waals surface area contributed by atoms with Crippen LogP contribution in [0.5, 0.6) is 0 Å². The van der Waals surface area contributed by atoms with E-state index in [1.165, 1.54) is 11.3 Å². The molecule has 1 rings (SSSR count). The standard InChI is InChI=1S/C4H2NOPS/c6-7-3-4-5-1-2-8-4/h1-2H. The minimum atomic E-state index is -0.0963. The van der Waals surface area contributed by atoms with E-state index in [1.807, 2.05) is 5.38 Å². The van der Waals surface area contributed by atoms with Crippen molar-refractivity contribution in [2.75, 3.05) is 0 Å². The van der Waals surface area contributed by atoms with E-state index in [0.29, 0.717) is 5.01 Å². The summed E-state index contributed by atoms with van der Waals surface area (Å²) in [4.78, 5) is 3.81. The van der Waals surface area contributed by atoms with Gasteiger partial charge in [-0.05, 0) is 0 Å². The summed E-state index contributed by atoms with van der Waals surface area (Å²) < 4.78 is 9.82. The van der Waals surface area contributed by atoms with Crippen LogP contribution < -0.4 is 0 Å². The van der Waals surface area contributed by atoms with E-state index >= 15 is 0 Å². The number of rotatable bonds is 0. The second-order valence-corrected chi connectivity index (χ2v) is 2.34. The summed E-state index contributed by atoms with van der Waals surface area (Å²) in [5, 5.41) is 2.50. The zero-order valence-electron chi connectivity index (χ0n) is 3.87. The first kappa shape index (κ1) is 5.77. The molecule has 0 aliphatic rings. The predicted molar refractivity (Wildman–Crippen MR) is 32.7 cm³/mol. The molecule has 0 unspecified atom stereocenters. The molecule has 2 nitrogen and oxygen atoms in total. The molecular weight excluding hydrogens is 141 g/mol. The average Bonchev–Trinajstić information content (AvgIpc) is 2.19. The van der Waals surface area contributed by atoms with Gasteiger partial charge in [0.05, 0.1) is 0 Å². The molecule has 0 saturated heterocycles. The van der Waals surface area contributed by atoms with Crippen molar-refractivity contribution in [3.05, 3.63) is 16.6 Å². The van der Waals surface area contributed by atoms with Gasteiger partial charge in [-0.1, -0.05) is 0 Å². The Kier molecular flexibility index (Phi) is 2.04. The number of thiazole rings is 1. The van der Waals surface area contributed by atoms with Crippen LogP contribution in [0.2, 0.25) is 0 Å². The van der Waals surface area contributed by atoms with E-state index < -0.39 is 0 Å². The summed E-state index contributed by atoms with van der Waals surface area (Å²) in [6, 6.07) is 0. The van der Waals surface area contributed by atoms with E-state index in [-0.39, 0.29) is 7.92 Å². The molecule has 0 fully saturated rings. The van der Waals surface area contributed by atoms with Gasteiger partial charge in [0.2, 0.25) is 0 Å². The molecule has 0 N–H and O–H groups in total. The van der Waals surface area contributed by atoms with Crippen LogP contribution in [0.15, 0.2) is 11.6 Å². The van der Waals surface area contributed by atoms with E-state index in [2.05, 4.69) is 10.6 Å². The number of aromatic nitrogens is 1. The van der Waals surface area contributed by atoms with Crippen LogP contribution in [0.3, 0.4) is 0 Å². The molecular formula is C4H2NOPS. The first-order valence-corrected chi connectivity index (χ1v) is 3.60. The van der Waals surface area contributed by atoms with Crippen molar-refractivity contribution in [3.8, 4) is 5.63 Å². The van der Waals surface area contributed by atoms with Crippen LogP contribution >= 0.6 is 19.3 Å². The van der Waals surface area contributed by atoms with Crippen molar-refractivity contribution in [3.63, 3.8) is 0 Å². The van der Waals surface area contributed by atoms with Gasteiger partial charge < -0.3 is 0 Å². The van der Waals surface area contributed by atoms with E-state index in [4.69, 9.17) is 0 Å². The van der Waals surface area contributed by atoms with Crippen molar-refractivity contribution in [2.24, 2.45) is 0 Å². The first-order valence-electron chi connectivity index (χ1n) is 1.91. The van der Waals surface area contributed by atoms with Crippen molar-refractivity contribution in [1.29, 1.82) is 0 Å². The quantitative estimate of drug-likeness (QED) is 0.518. The zero-order chi connectivity index (χ0) is 5.82. The second-order valence-electron chi connectivity index (χ2n) is 1.04. The van der Waals surface area contributed by atoms with Crippen LogP contribution in [-0.4, -0.2) is 4.98 Å². The Balaban J connectivity index is 3.04. The molecule has 0 radical (unpaired) electrons. The normalized spacial score (nSPS) is 8.00. The van der Waals surface area contributed by atoms with Gasteiger partial charge in [-0.25, -0.2) is 0 Å². The average molecular weight is 143 g/mol. The third-order valence-corrected chi connectivity index (χ3v) is 1.72. The molecule has 1 aromatic rings. The number of hydrogen-bond donors (Lipinski definition) is 0. The molecule has 0 aliphatic heterocycles. The summed E-state index contributed by atoms with van der Waals surface area (Å²) in [7, 11) is -0.0963. The molecule has 0 saturated carbocycles. The maximum atomic E-state index is 9.82. The van der Waals surface area contributed by atoms with Gasteiger partial charge in [0, 0.05) is 0 Å². The molecule has 0 amide bonds. The van der Waals surface area contributed by atoms with Gasteiger partial charge in [0.1, 0.15) is 0 Å². The van der Waals surface area contributed by atoms with Gasteiger partial charge in [-0.2, -0.15) is 0 Å². The van der Waals surface area contributed by atoms with Crippen molar-refractivity contribution >= 4 is 19.3 Å². The first-order chi connectivity index (χ1) is 3.93. The van der Waals surface area contributed by atoms with Crippen LogP contribution in [0.25, 0.3) is 0 Å². The monoisotopic (exact) mass is 143 g/mol. The van der Waals surface area contributed by atoms with Crippen molar-refractivity contribution in [1.82, 2.24) is 4.98 Å². The molecule has 8 heavy (non-hydrogen) atoms. The fourth-order valence-electron chi connectivity index (χ4n) is 0.318. The third-order valence-electron chi connectivity index (χ3n) is 0.574. The predicted octanol–water partition coefficient (Wildman–Crippen LogP) is 1.74. The molecule has 1 heterocycles. The molecule has 0 spiro atoms. The second kappa shape index (κ2) is 2.83. The van der Waals surface area contributed by atoms with Gasteiger partial charge in [-0.3, -0.25) is 0 Å². The van der Waals surface area contributed by atoms with Gasteiger partial charge in [0.25, 0.3) is 0 Å². The Bertz CT molecular complexity index is 249. The van der Waals surface area contributed by atoms with Crippen molar-refractivity contribution in [2.45, 2.75) is 0 Å². The van der Waals surface area contributed by atoms with Gasteiger partial charge in [0.15, 0.2) is 0 Å². The fraction of sp³-hybridized carbons (Fsp3) is 0. The molecule has 1 aromatic heterocycles. The Labute approximate surface area is 51.7 Å². The van der Waals surface area contributed by atoms with Crippen molar-refractivity contribution < 1.29 is 4.57 Å². The molecule has 0 aromatic carbocycles. The van der Waals surface area contributed by atoms with E-state index in [1.54, 1.807) is 6.20 Å². The summed E-state index contributed by atoms with van der Waals surface area (Å²) in [6.07, 6.45) is 1.65. The third kappa shape index (κ3) is 1.31. The van der Waals surface area contributed by atoms with Gasteiger partial charge >= 0.3 is 51.0 Å². The topological polar surface area (TPSA) is 30.0 Å². The molecule has 4 heteroatoms. The Morgan fingerprint density at radius 2 is 2.75 bits per heavy atom. The van der Waals surface area contributed by atoms with Crippen LogP contribution in [0.4, 0.5) is 0 Å². The molecule has 0 bridgehead atoms. The summed E-state index contributed by atoms with van der Waals surface area (Å²) >= 11 is 1.42. The van der Waals surface area contributed by atoms with Crippen LogP contribution in [0.1, 0.15) is 5.01 Å². The van der Waals surface area contributed by atoms with E-state index in [0.717, 1.165) is 0 Å². The molecule has 40 valence electrons. The fourth-order valence-corrected chi connectivity index (χ4v) is 1.15. The SMILES string of the molecule is O=P#Cc1nccs1. The summed E-state index contributed by atoms with van der Waals surface area (Å²) in [6.45, 7) is 0. The zero-order valence-corrected chi connectivity index (χ0v) is 5.58. The summed E-state index contributed by atoms with van der Waals surface area (Å²) in [5.74, 6) is 0. The number of nitrogens with zero attached hydrogens (tertiary/aromatic N) is 1. The van der Waals surface area contributed by atoms with Gasteiger partial charge in [-0.15, -0.1) is 0 Å². The Morgan fingerprint density at radius 1 is 1.88 bits per heavy atom. The van der Waals surface area contributed by atoms with Crippen LogP contribution in [-0.2, 0) is 4.57 Å². The minimum absolute atomic E-state index is 0.0963. The molecule has 0 aliphatic carbocycles. The summed E-state index contributed by atoms with van der Waals surface area (Å²) in [5.41, 5.74) is 2.51. The Hall–Kier alpha value is -0.360. The number of hydrogen-bond acceptors (Lipinski definition) is 3. The maximum absolute atomic E-state index is 9.82. The Morgan fingerprint density at radius 3 is 3.25 bits per heavy atom. The van der Waals surface area contributed by atoms with Crippen LogP contribution in [0, 0.1) is 5.63 Å². The van der Waals surface area contributed by atoms with E-state index in [9.17, 15) is 4.57 Å².